The SMILES string of the molecule is CCc1cc(-n2nc(C)cc2Nc2cc(CC(=O)c3cc(CNC(C)C)cc(C(C)(F)F)c3)ccc2C)ncn1. The van der Waals surface area contributed by atoms with Gasteiger partial charge in [-0.25, -0.2) is 18.7 Å². The van der Waals surface area contributed by atoms with Crippen molar-refractivity contribution in [1.29, 1.82) is 0 Å². The van der Waals surface area contributed by atoms with E-state index in [-0.39, 0.29) is 29.4 Å². The zero-order chi connectivity index (χ0) is 29.0. The molecule has 0 saturated heterocycles. The van der Waals surface area contributed by atoms with Gasteiger partial charge in [-0.3, -0.25) is 4.79 Å². The van der Waals surface area contributed by atoms with Crippen LogP contribution in [0.15, 0.2) is 54.9 Å². The van der Waals surface area contributed by atoms with E-state index in [2.05, 4.69) is 25.7 Å². The standard InChI is InChI=1S/C31H36F2N6O/c1-7-26-16-29(36-18-35-26)39-30(10-21(5)38-39)37-27-13-22(9-8-20(27)4)14-28(40)24-11-23(17-34-19(2)3)12-25(15-24)31(6,32)33/h8-13,15-16,18-19,34,37H,7,14,17H2,1-6H3. The number of alkyl halides is 2. The van der Waals surface area contributed by atoms with Crippen LogP contribution < -0.4 is 10.6 Å². The number of nitrogens with zero attached hydrogens (tertiary/aromatic N) is 4. The number of ketones is 1. The Morgan fingerprint density at radius 1 is 1.02 bits per heavy atom. The minimum Gasteiger partial charge on any atom is -0.340 e. The predicted octanol–water partition coefficient (Wildman–Crippen LogP) is 6.62. The summed E-state index contributed by atoms with van der Waals surface area (Å²) in [7, 11) is 0. The maximum absolute atomic E-state index is 14.3. The minimum atomic E-state index is -3.05. The molecule has 0 aliphatic heterocycles. The average Bonchev–Trinajstić information content (AvgIpc) is 3.28. The molecule has 0 unspecified atom stereocenters. The number of hydrogen-bond acceptors (Lipinski definition) is 6. The molecule has 9 heteroatoms. The van der Waals surface area contributed by atoms with Crippen LogP contribution in [-0.2, 0) is 25.3 Å². The van der Waals surface area contributed by atoms with E-state index in [9.17, 15) is 13.6 Å². The first-order chi connectivity index (χ1) is 18.9. The van der Waals surface area contributed by atoms with Gasteiger partial charge in [-0.2, -0.15) is 9.78 Å². The molecule has 4 aromatic rings. The van der Waals surface area contributed by atoms with Gasteiger partial charge in [-0.1, -0.05) is 32.9 Å². The molecule has 0 atom stereocenters. The molecular weight excluding hydrogens is 510 g/mol. The molecule has 40 heavy (non-hydrogen) atoms. The number of hydrogen-bond donors (Lipinski definition) is 2. The molecule has 2 aromatic carbocycles. The topological polar surface area (TPSA) is 84.7 Å². The van der Waals surface area contributed by atoms with E-state index >= 15 is 0 Å². The van der Waals surface area contributed by atoms with Crippen molar-refractivity contribution < 1.29 is 13.6 Å². The zero-order valence-electron chi connectivity index (χ0n) is 23.8. The molecule has 210 valence electrons. The summed E-state index contributed by atoms with van der Waals surface area (Å²) in [6, 6.07) is 14.2. The van der Waals surface area contributed by atoms with E-state index in [1.54, 1.807) is 10.7 Å². The number of carbonyl (C=O) groups excluding carboxylic acids is 1. The lowest BCUT2D eigenvalue weighted by atomic mass is 9.96. The highest BCUT2D eigenvalue weighted by Gasteiger charge is 2.26. The maximum atomic E-state index is 14.3. The van der Waals surface area contributed by atoms with Gasteiger partial charge in [-0.15, -0.1) is 0 Å². The number of carbonyl (C=O) groups is 1. The second kappa shape index (κ2) is 12.0. The van der Waals surface area contributed by atoms with Crippen molar-refractivity contribution in [1.82, 2.24) is 25.1 Å². The summed E-state index contributed by atoms with van der Waals surface area (Å²) in [5, 5.41) is 11.3. The van der Waals surface area contributed by atoms with Crippen molar-refractivity contribution in [2.45, 2.75) is 72.9 Å². The fourth-order valence-corrected chi connectivity index (χ4v) is 4.33. The van der Waals surface area contributed by atoms with Crippen molar-refractivity contribution in [3.05, 3.63) is 94.1 Å². The molecule has 0 aliphatic carbocycles. The summed E-state index contributed by atoms with van der Waals surface area (Å²) in [4.78, 5) is 22.0. The number of anilines is 2. The number of aryl methyl sites for hydroxylation is 3. The van der Waals surface area contributed by atoms with Gasteiger partial charge in [0.05, 0.1) is 5.69 Å². The average molecular weight is 547 g/mol. The Labute approximate surface area is 234 Å². The number of aromatic nitrogens is 4. The molecule has 0 fully saturated rings. The third kappa shape index (κ3) is 7.15. The molecule has 2 aromatic heterocycles. The first-order valence-electron chi connectivity index (χ1n) is 13.5. The van der Waals surface area contributed by atoms with E-state index in [4.69, 9.17) is 0 Å². The first-order valence-corrected chi connectivity index (χ1v) is 13.5. The van der Waals surface area contributed by atoms with E-state index in [1.807, 2.05) is 65.0 Å². The third-order valence-electron chi connectivity index (χ3n) is 6.59. The fourth-order valence-electron chi connectivity index (χ4n) is 4.33. The van der Waals surface area contributed by atoms with Crippen molar-refractivity contribution in [3.8, 4) is 5.82 Å². The second-order valence-electron chi connectivity index (χ2n) is 10.5. The summed E-state index contributed by atoms with van der Waals surface area (Å²) >= 11 is 0. The van der Waals surface area contributed by atoms with Crippen molar-refractivity contribution in [2.75, 3.05) is 5.32 Å². The van der Waals surface area contributed by atoms with Gasteiger partial charge < -0.3 is 10.6 Å². The third-order valence-corrected chi connectivity index (χ3v) is 6.59. The Bertz CT molecular complexity index is 1510. The quantitative estimate of drug-likeness (QED) is 0.206. The smallest absolute Gasteiger partial charge is 0.270 e. The van der Waals surface area contributed by atoms with Crippen LogP contribution in [0.4, 0.5) is 20.3 Å². The molecule has 4 rings (SSSR count). The Morgan fingerprint density at radius 3 is 2.50 bits per heavy atom. The molecule has 7 nitrogen and oxygen atoms in total. The molecule has 0 bridgehead atoms. The van der Waals surface area contributed by atoms with Crippen molar-refractivity contribution >= 4 is 17.3 Å². The van der Waals surface area contributed by atoms with Crippen LogP contribution in [0.3, 0.4) is 0 Å². The van der Waals surface area contributed by atoms with Gasteiger partial charge in [0.1, 0.15) is 12.1 Å². The van der Waals surface area contributed by atoms with Crippen LogP contribution in [0.2, 0.25) is 0 Å². The lowest BCUT2D eigenvalue weighted by Gasteiger charge is -2.16. The van der Waals surface area contributed by atoms with E-state index in [0.717, 1.165) is 47.4 Å². The van der Waals surface area contributed by atoms with Gasteiger partial charge in [0.15, 0.2) is 11.6 Å². The zero-order valence-corrected chi connectivity index (χ0v) is 23.8. The number of benzene rings is 2. The monoisotopic (exact) mass is 546 g/mol. The molecule has 0 spiro atoms. The minimum absolute atomic E-state index is 0.0782. The molecule has 2 N–H and O–H groups in total. The molecule has 0 amide bonds. The van der Waals surface area contributed by atoms with Gasteiger partial charge in [-0.05, 0) is 61.2 Å². The molecule has 0 saturated carbocycles. The molecule has 0 aliphatic rings. The number of Topliss-reactive ketones (excluding diaryl/α,β-unsaturated/α-hetero) is 1. The highest BCUT2D eigenvalue weighted by Crippen LogP contribution is 2.30. The van der Waals surface area contributed by atoms with Crippen LogP contribution in [0, 0.1) is 13.8 Å². The lowest BCUT2D eigenvalue weighted by molar-refractivity contribution is 0.0173. The number of rotatable bonds is 11. The van der Waals surface area contributed by atoms with E-state index in [1.165, 1.54) is 18.5 Å². The van der Waals surface area contributed by atoms with E-state index in [0.29, 0.717) is 17.9 Å². The van der Waals surface area contributed by atoms with Gasteiger partial charge in [0.25, 0.3) is 5.92 Å². The van der Waals surface area contributed by atoms with Gasteiger partial charge in [0, 0.05) is 60.6 Å². The Hall–Kier alpha value is -3.98. The Morgan fingerprint density at radius 2 is 1.80 bits per heavy atom. The van der Waals surface area contributed by atoms with Gasteiger partial charge in [0.2, 0.25) is 0 Å². The highest BCUT2D eigenvalue weighted by atomic mass is 19.3. The number of nitrogens with one attached hydrogen (secondary N) is 2. The summed E-state index contributed by atoms with van der Waals surface area (Å²) < 4.78 is 30.2. The number of halogens is 2. The van der Waals surface area contributed by atoms with Crippen LogP contribution >= 0.6 is 0 Å². The van der Waals surface area contributed by atoms with Crippen molar-refractivity contribution in [2.24, 2.45) is 0 Å². The molecule has 2 heterocycles. The summed E-state index contributed by atoms with van der Waals surface area (Å²) in [5.74, 6) is -1.89. The van der Waals surface area contributed by atoms with Crippen LogP contribution in [-0.4, -0.2) is 31.6 Å². The fraction of sp³-hybridized carbons (Fsp3) is 0.355. The largest absolute Gasteiger partial charge is 0.340 e. The Balaban J connectivity index is 1.60. The predicted molar refractivity (Wildman–Crippen MR) is 154 cm³/mol. The van der Waals surface area contributed by atoms with E-state index < -0.39 is 5.92 Å². The lowest BCUT2D eigenvalue weighted by Crippen LogP contribution is -2.22. The summed E-state index contributed by atoms with van der Waals surface area (Å²) in [6.45, 7) is 11.1. The second-order valence-corrected chi connectivity index (χ2v) is 10.5. The van der Waals surface area contributed by atoms with Crippen LogP contribution in [0.1, 0.15) is 71.7 Å². The normalized spacial score (nSPS) is 11.7. The molecule has 0 radical (unpaired) electrons. The van der Waals surface area contributed by atoms with Crippen LogP contribution in [0.25, 0.3) is 5.82 Å². The van der Waals surface area contributed by atoms with Crippen LogP contribution in [0.5, 0.6) is 0 Å². The Kier molecular flexibility index (Phi) is 8.73. The van der Waals surface area contributed by atoms with Gasteiger partial charge >= 0.3 is 0 Å². The van der Waals surface area contributed by atoms with Crippen molar-refractivity contribution in [3.63, 3.8) is 0 Å². The summed E-state index contributed by atoms with van der Waals surface area (Å²) in [5.41, 5.74) is 5.06. The summed E-state index contributed by atoms with van der Waals surface area (Å²) in [6.07, 6.45) is 2.39. The maximum Gasteiger partial charge on any atom is 0.270 e. The molecular formula is C31H36F2N6O. The highest BCUT2D eigenvalue weighted by molar-refractivity contribution is 5.98. The first kappa shape index (κ1) is 29.0.